The van der Waals surface area contributed by atoms with Crippen molar-refractivity contribution in [2.45, 2.75) is 58.6 Å². The maximum atomic E-state index is 10.6. The summed E-state index contributed by atoms with van der Waals surface area (Å²) < 4.78 is 1.84. The third kappa shape index (κ3) is 2.82. The summed E-state index contributed by atoms with van der Waals surface area (Å²) in [6.45, 7) is 5.16. The minimum atomic E-state index is -0.712. The molecule has 4 nitrogen and oxygen atoms in total. The number of nitrogens with zero attached hydrogens (tertiary/aromatic N) is 3. The first-order chi connectivity index (χ1) is 9.11. The predicted molar refractivity (Wildman–Crippen MR) is 73.2 cm³/mol. The van der Waals surface area contributed by atoms with Crippen LogP contribution in [0.5, 0.6) is 0 Å². The molecule has 1 aliphatic rings. The van der Waals surface area contributed by atoms with E-state index in [1.54, 1.807) is 6.20 Å². The number of aromatic nitrogens is 2. The van der Waals surface area contributed by atoms with Gasteiger partial charge in [0.05, 0.1) is 17.7 Å². The number of aliphatic hydroxyl groups excluding tert-OH is 1. The molecule has 0 aliphatic heterocycles. The third-order valence-electron chi connectivity index (χ3n) is 4.33. The van der Waals surface area contributed by atoms with Crippen LogP contribution in [-0.4, -0.2) is 14.9 Å². The SMILES string of the molecule is CCCn1cc(C(O)C2(C#N)CCC(C)CC2)cn1. The minimum absolute atomic E-state index is 0.618. The Balaban J connectivity index is 2.16. The van der Waals surface area contributed by atoms with Crippen LogP contribution in [0.4, 0.5) is 0 Å². The average Bonchev–Trinajstić information content (AvgIpc) is 2.88. The molecule has 1 saturated carbocycles. The molecule has 0 radical (unpaired) electrons. The molecular formula is C15H23N3O. The van der Waals surface area contributed by atoms with Gasteiger partial charge in [-0.25, -0.2) is 0 Å². The van der Waals surface area contributed by atoms with E-state index >= 15 is 0 Å². The van der Waals surface area contributed by atoms with Gasteiger partial charge in [0.2, 0.25) is 0 Å². The van der Waals surface area contributed by atoms with E-state index in [0.717, 1.165) is 44.2 Å². The summed E-state index contributed by atoms with van der Waals surface area (Å²) in [5, 5.41) is 24.4. The molecule has 0 spiro atoms. The highest BCUT2D eigenvalue weighted by molar-refractivity contribution is 5.18. The lowest BCUT2D eigenvalue weighted by molar-refractivity contribution is 0.0266. The Morgan fingerprint density at radius 2 is 2.26 bits per heavy atom. The number of rotatable bonds is 4. The molecule has 0 saturated heterocycles. The summed E-state index contributed by atoms with van der Waals surface area (Å²) in [6, 6.07) is 2.39. The highest BCUT2D eigenvalue weighted by Crippen LogP contribution is 2.46. The lowest BCUT2D eigenvalue weighted by Crippen LogP contribution is -2.31. The Morgan fingerprint density at radius 1 is 1.58 bits per heavy atom. The van der Waals surface area contributed by atoms with Crippen LogP contribution in [0.3, 0.4) is 0 Å². The average molecular weight is 261 g/mol. The van der Waals surface area contributed by atoms with Crippen molar-refractivity contribution in [1.29, 1.82) is 5.26 Å². The summed E-state index contributed by atoms with van der Waals surface area (Å²) in [6.07, 6.45) is 7.49. The molecule has 2 rings (SSSR count). The Morgan fingerprint density at radius 3 is 2.84 bits per heavy atom. The van der Waals surface area contributed by atoms with E-state index in [4.69, 9.17) is 0 Å². The van der Waals surface area contributed by atoms with E-state index < -0.39 is 11.5 Å². The molecular weight excluding hydrogens is 238 g/mol. The zero-order chi connectivity index (χ0) is 13.9. The summed E-state index contributed by atoms with van der Waals surface area (Å²) in [5.41, 5.74) is 0.164. The molecule has 1 unspecified atom stereocenters. The molecule has 1 aliphatic carbocycles. The van der Waals surface area contributed by atoms with Crippen LogP contribution in [0.25, 0.3) is 0 Å². The monoisotopic (exact) mass is 261 g/mol. The molecule has 19 heavy (non-hydrogen) atoms. The summed E-state index contributed by atoms with van der Waals surface area (Å²) in [4.78, 5) is 0. The maximum absolute atomic E-state index is 10.6. The van der Waals surface area contributed by atoms with Crippen LogP contribution in [0.2, 0.25) is 0 Å². The second-order valence-corrected chi connectivity index (χ2v) is 5.89. The Hall–Kier alpha value is -1.34. The summed E-state index contributed by atoms with van der Waals surface area (Å²) in [7, 11) is 0. The van der Waals surface area contributed by atoms with Gasteiger partial charge in [-0.1, -0.05) is 13.8 Å². The molecule has 4 heteroatoms. The van der Waals surface area contributed by atoms with Gasteiger partial charge in [0.25, 0.3) is 0 Å². The fraction of sp³-hybridized carbons (Fsp3) is 0.733. The first-order valence-corrected chi connectivity index (χ1v) is 7.23. The Kier molecular flexibility index (Phi) is 4.26. The quantitative estimate of drug-likeness (QED) is 0.906. The van der Waals surface area contributed by atoms with Gasteiger partial charge in [0.1, 0.15) is 6.10 Å². The van der Waals surface area contributed by atoms with Gasteiger partial charge in [-0.05, 0) is 38.0 Å². The first-order valence-electron chi connectivity index (χ1n) is 7.23. The van der Waals surface area contributed by atoms with Crippen molar-refractivity contribution >= 4 is 0 Å². The van der Waals surface area contributed by atoms with Crippen molar-refractivity contribution in [3.63, 3.8) is 0 Å². The zero-order valence-electron chi connectivity index (χ0n) is 11.8. The van der Waals surface area contributed by atoms with Gasteiger partial charge in [0.15, 0.2) is 0 Å². The Labute approximate surface area is 115 Å². The van der Waals surface area contributed by atoms with E-state index in [1.165, 1.54) is 0 Å². The summed E-state index contributed by atoms with van der Waals surface area (Å²) in [5.74, 6) is 0.663. The fourth-order valence-corrected chi connectivity index (χ4v) is 2.91. The van der Waals surface area contributed by atoms with Crippen molar-refractivity contribution in [3.8, 4) is 6.07 Å². The minimum Gasteiger partial charge on any atom is -0.387 e. The lowest BCUT2D eigenvalue weighted by atomic mass is 9.67. The van der Waals surface area contributed by atoms with Crippen LogP contribution < -0.4 is 0 Å². The fourth-order valence-electron chi connectivity index (χ4n) is 2.91. The van der Waals surface area contributed by atoms with Crippen LogP contribution in [0, 0.1) is 22.7 Å². The smallest absolute Gasteiger partial charge is 0.101 e. The van der Waals surface area contributed by atoms with E-state index in [1.807, 2.05) is 10.9 Å². The van der Waals surface area contributed by atoms with Crippen molar-refractivity contribution in [1.82, 2.24) is 9.78 Å². The van der Waals surface area contributed by atoms with Gasteiger partial charge in [-0.3, -0.25) is 4.68 Å². The van der Waals surface area contributed by atoms with Crippen LogP contribution in [0.1, 0.15) is 57.6 Å². The van der Waals surface area contributed by atoms with Gasteiger partial charge in [-0.2, -0.15) is 10.4 Å². The van der Waals surface area contributed by atoms with E-state index in [-0.39, 0.29) is 0 Å². The molecule has 0 bridgehead atoms. The molecule has 0 amide bonds. The lowest BCUT2D eigenvalue weighted by Gasteiger charge is -2.36. The Bertz CT molecular complexity index is 452. The second kappa shape index (κ2) is 5.75. The molecule has 104 valence electrons. The van der Waals surface area contributed by atoms with Crippen molar-refractivity contribution in [2.24, 2.45) is 11.3 Å². The highest BCUT2D eigenvalue weighted by Gasteiger charge is 2.42. The maximum Gasteiger partial charge on any atom is 0.101 e. The molecule has 1 atom stereocenters. The van der Waals surface area contributed by atoms with E-state index in [0.29, 0.717) is 5.92 Å². The molecule has 1 heterocycles. The highest BCUT2D eigenvalue weighted by atomic mass is 16.3. The van der Waals surface area contributed by atoms with E-state index in [9.17, 15) is 10.4 Å². The zero-order valence-corrected chi connectivity index (χ0v) is 11.8. The van der Waals surface area contributed by atoms with Crippen molar-refractivity contribution in [2.75, 3.05) is 0 Å². The van der Waals surface area contributed by atoms with Crippen LogP contribution >= 0.6 is 0 Å². The number of nitriles is 1. The van der Waals surface area contributed by atoms with Gasteiger partial charge in [0, 0.05) is 18.3 Å². The normalized spacial score (nSPS) is 28.8. The topological polar surface area (TPSA) is 61.8 Å². The van der Waals surface area contributed by atoms with Gasteiger partial charge < -0.3 is 5.11 Å². The third-order valence-corrected chi connectivity index (χ3v) is 4.33. The number of hydrogen-bond acceptors (Lipinski definition) is 3. The largest absolute Gasteiger partial charge is 0.387 e. The standard InChI is InChI=1S/C15H23N3O/c1-3-8-18-10-13(9-17-18)14(19)15(11-16)6-4-12(2)5-7-15/h9-10,12,14,19H,3-8H2,1-2H3. The first kappa shape index (κ1) is 14.1. The van der Waals surface area contributed by atoms with Crippen molar-refractivity contribution in [3.05, 3.63) is 18.0 Å². The molecule has 1 fully saturated rings. The summed E-state index contributed by atoms with van der Waals surface area (Å²) >= 11 is 0. The predicted octanol–water partition coefficient (Wildman–Crippen LogP) is 3.05. The van der Waals surface area contributed by atoms with Crippen molar-refractivity contribution < 1.29 is 5.11 Å². The number of aliphatic hydroxyl groups is 1. The molecule has 1 aromatic heterocycles. The number of hydrogen-bond donors (Lipinski definition) is 1. The molecule has 1 N–H and O–H groups in total. The van der Waals surface area contributed by atoms with Crippen LogP contribution in [0.15, 0.2) is 12.4 Å². The van der Waals surface area contributed by atoms with Gasteiger partial charge >= 0.3 is 0 Å². The number of aryl methyl sites for hydroxylation is 1. The van der Waals surface area contributed by atoms with E-state index in [2.05, 4.69) is 25.0 Å². The second-order valence-electron chi connectivity index (χ2n) is 5.89. The molecule has 1 aromatic rings. The van der Waals surface area contributed by atoms with Crippen LogP contribution in [-0.2, 0) is 6.54 Å². The van der Waals surface area contributed by atoms with Gasteiger partial charge in [-0.15, -0.1) is 0 Å². The molecule has 0 aromatic carbocycles.